The van der Waals surface area contributed by atoms with Crippen LogP contribution in [0.1, 0.15) is 58.8 Å². The number of H-pyrrole nitrogens is 1. The zero-order chi connectivity index (χ0) is 28.6. The van der Waals surface area contributed by atoms with Crippen LogP contribution in [0.2, 0.25) is 5.02 Å². The van der Waals surface area contributed by atoms with E-state index < -0.39 is 5.76 Å². The molecule has 3 saturated carbocycles. The van der Waals surface area contributed by atoms with Crippen molar-refractivity contribution in [3.63, 3.8) is 0 Å². The zero-order valence-electron chi connectivity index (χ0n) is 24.1. The number of aromatic amines is 1. The van der Waals surface area contributed by atoms with Gasteiger partial charge >= 0.3 is 5.76 Å². The number of hydrogen-bond donors (Lipinski definition) is 1. The van der Waals surface area contributed by atoms with Gasteiger partial charge in [-0.15, -0.1) is 0 Å². The molecule has 4 heterocycles. The van der Waals surface area contributed by atoms with Crippen LogP contribution >= 0.6 is 11.6 Å². The Balaban J connectivity index is 1.32. The van der Waals surface area contributed by atoms with Crippen LogP contribution in [0.4, 0.5) is 5.95 Å². The molecule has 3 aromatic heterocycles. The molecule has 2 atom stereocenters. The summed E-state index contributed by atoms with van der Waals surface area (Å²) in [7, 11) is 0. The second kappa shape index (κ2) is 9.64. The van der Waals surface area contributed by atoms with Gasteiger partial charge in [0, 0.05) is 23.7 Å². The molecule has 4 aliphatic rings. The Morgan fingerprint density at radius 1 is 1.14 bits per heavy atom. The fourth-order valence-electron chi connectivity index (χ4n) is 7.74. The number of aromatic nitrogens is 6. The van der Waals surface area contributed by atoms with Gasteiger partial charge < -0.3 is 14.2 Å². The smallest absolute Gasteiger partial charge is 0.377 e. The van der Waals surface area contributed by atoms with Crippen molar-refractivity contribution in [3.8, 4) is 22.9 Å². The highest BCUT2D eigenvalue weighted by molar-refractivity contribution is 6.30. The van der Waals surface area contributed by atoms with E-state index in [1.165, 1.54) is 38.5 Å². The molecule has 1 aromatic carbocycles. The van der Waals surface area contributed by atoms with Crippen LogP contribution in [-0.4, -0.2) is 55.0 Å². The Morgan fingerprint density at radius 2 is 1.98 bits per heavy atom. The molecular weight excluding hydrogens is 554 g/mol. The third-order valence-corrected chi connectivity index (χ3v) is 10.6. The lowest BCUT2D eigenvalue weighted by atomic mass is 9.80. The summed E-state index contributed by atoms with van der Waals surface area (Å²) in [6.45, 7) is 7.63. The number of benzene rings is 1. The lowest BCUT2D eigenvalue weighted by Gasteiger charge is -2.39. The van der Waals surface area contributed by atoms with Crippen molar-refractivity contribution in [3.05, 3.63) is 39.8 Å². The summed E-state index contributed by atoms with van der Waals surface area (Å²) in [4.78, 5) is 32.1. The average Bonchev–Trinajstić information content (AvgIpc) is 3.82. The van der Waals surface area contributed by atoms with Gasteiger partial charge in [0.15, 0.2) is 5.65 Å². The van der Waals surface area contributed by atoms with Crippen molar-refractivity contribution in [1.82, 2.24) is 29.7 Å². The molecule has 1 saturated heterocycles. The maximum atomic E-state index is 11.8. The molecule has 42 heavy (non-hydrogen) atoms. The number of rotatable bonds is 6. The number of ether oxygens (including phenoxy) is 1. The summed E-state index contributed by atoms with van der Waals surface area (Å²) >= 11 is 6.49. The first-order valence-electron chi connectivity index (χ1n) is 15.3. The van der Waals surface area contributed by atoms with Gasteiger partial charge in [0.25, 0.3) is 0 Å². The maximum absolute atomic E-state index is 11.8. The number of morpholine rings is 1. The monoisotopic (exact) mass is 589 g/mol. The molecule has 0 amide bonds. The van der Waals surface area contributed by atoms with Gasteiger partial charge in [-0.05, 0) is 80.2 Å². The van der Waals surface area contributed by atoms with Gasteiger partial charge in [-0.2, -0.15) is 4.98 Å². The van der Waals surface area contributed by atoms with E-state index in [0.29, 0.717) is 52.7 Å². The number of nitrogens with one attached hydrogen (secondary N) is 1. The van der Waals surface area contributed by atoms with Gasteiger partial charge in [-0.1, -0.05) is 42.7 Å². The van der Waals surface area contributed by atoms with Crippen molar-refractivity contribution in [2.75, 3.05) is 24.7 Å². The van der Waals surface area contributed by atoms with E-state index in [9.17, 15) is 4.79 Å². The largest absolute Gasteiger partial charge is 0.439 e. The molecule has 3 aliphatic carbocycles. The molecule has 1 N–H and O–H groups in total. The van der Waals surface area contributed by atoms with E-state index in [-0.39, 0.29) is 17.2 Å². The topological polar surface area (TPSA) is 115 Å². The molecule has 10 nitrogen and oxygen atoms in total. The van der Waals surface area contributed by atoms with E-state index in [0.717, 1.165) is 36.5 Å². The number of hydrogen-bond acceptors (Lipinski definition) is 8. The minimum atomic E-state index is -0.654. The lowest BCUT2D eigenvalue weighted by Crippen LogP contribution is -2.51. The molecule has 0 radical (unpaired) electrons. The van der Waals surface area contributed by atoms with E-state index in [1.807, 2.05) is 24.3 Å². The Hall–Kier alpha value is -3.24. The van der Waals surface area contributed by atoms with Gasteiger partial charge in [0.05, 0.1) is 18.8 Å². The Morgan fingerprint density at radius 3 is 2.67 bits per heavy atom. The first-order valence-corrected chi connectivity index (χ1v) is 15.7. The van der Waals surface area contributed by atoms with Crippen molar-refractivity contribution in [2.45, 2.75) is 70.9 Å². The summed E-state index contributed by atoms with van der Waals surface area (Å²) in [6.07, 6.45) is 8.98. The second-order valence-corrected chi connectivity index (χ2v) is 13.8. The average molecular weight is 590 g/mol. The molecule has 4 fully saturated rings. The number of imidazole rings is 1. The van der Waals surface area contributed by atoms with E-state index in [2.05, 4.69) is 33.5 Å². The van der Waals surface area contributed by atoms with Crippen molar-refractivity contribution >= 4 is 28.7 Å². The van der Waals surface area contributed by atoms with Gasteiger partial charge in [0.1, 0.15) is 11.2 Å². The summed E-state index contributed by atoms with van der Waals surface area (Å²) in [5.41, 5.74) is 3.61. The number of nitrogens with zero attached hydrogens (tertiary/aromatic N) is 6. The molecule has 11 heteroatoms. The molecular formula is C31H36ClN7O3. The van der Waals surface area contributed by atoms with Crippen LogP contribution < -0.4 is 10.7 Å². The first-order chi connectivity index (χ1) is 20.3. The molecule has 0 bridgehead atoms. The van der Waals surface area contributed by atoms with Crippen LogP contribution in [0.25, 0.3) is 34.1 Å². The third-order valence-electron chi connectivity index (χ3n) is 10.4. The molecule has 4 aromatic rings. The SMILES string of the molecule is CC(C)[C@@H]1C[C@]12COCCN2c1nc2nc(-c3noc(=O)[nH]3)nc(-c3cccc(Cl)c3)c2n1CC1CCC2(CC1)CC2. The van der Waals surface area contributed by atoms with Crippen molar-refractivity contribution in [1.29, 1.82) is 0 Å². The summed E-state index contributed by atoms with van der Waals surface area (Å²) in [5, 5.41) is 4.50. The van der Waals surface area contributed by atoms with Crippen LogP contribution in [0.5, 0.6) is 0 Å². The summed E-state index contributed by atoms with van der Waals surface area (Å²) in [6, 6.07) is 7.70. The van der Waals surface area contributed by atoms with Crippen LogP contribution in [0, 0.1) is 23.2 Å². The Labute approximate surface area is 248 Å². The highest BCUT2D eigenvalue weighted by atomic mass is 35.5. The normalized spacial score (nSPS) is 25.2. The van der Waals surface area contributed by atoms with Gasteiger partial charge in [-0.3, -0.25) is 9.51 Å². The summed E-state index contributed by atoms with van der Waals surface area (Å²) in [5.74, 6) is 2.37. The van der Waals surface area contributed by atoms with E-state index in [1.54, 1.807) is 0 Å². The minimum absolute atomic E-state index is 0.0555. The number of fused-ring (bicyclic) bond motifs is 1. The number of halogens is 1. The Kier molecular flexibility index (Phi) is 6.06. The van der Waals surface area contributed by atoms with Crippen LogP contribution in [-0.2, 0) is 11.3 Å². The maximum Gasteiger partial charge on any atom is 0.439 e. The third kappa shape index (κ3) is 4.37. The highest BCUT2D eigenvalue weighted by Crippen LogP contribution is 2.58. The van der Waals surface area contributed by atoms with Crippen LogP contribution in [0.15, 0.2) is 33.6 Å². The molecule has 0 unspecified atom stereocenters. The fraction of sp³-hybridized carbons (Fsp3) is 0.581. The van der Waals surface area contributed by atoms with E-state index >= 15 is 0 Å². The van der Waals surface area contributed by atoms with Gasteiger partial charge in [0.2, 0.25) is 17.6 Å². The number of anilines is 1. The quantitative estimate of drug-likeness (QED) is 0.304. The molecule has 1 aliphatic heterocycles. The molecule has 220 valence electrons. The lowest BCUT2D eigenvalue weighted by molar-refractivity contribution is 0.0768. The molecule has 8 rings (SSSR count). The molecule has 2 spiro atoms. The van der Waals surface area contributed by atoms with Crippen molar-refractivity contribution < 1.29 is 9.26 Å². The van der Waals surface area contributed by atoms with Crippen molar-refractivity contribution in [2.24, 2.45) is 23.2 Å². The summed E-state index contributed by atoms with van der Waals surface area (Å²) < 4.78 is 13.3. The predicted molar refractivity (Wildman–Crippen MR) is 159 cm³/mol. The van der Waals surface area contributed by atoms with E-state index in [4.69, 9.17) is 35.8 Å². The van der Waals surface area contributed by atoms with Gasteiger partial charge in [-0.25, -0.2) is 14.8 Å². The second-order valence-electron chi connectivity index (χ2n) is 13.4. The fourth-order valence-corrected chi connectivity index (χ4v) is 7.93. The standard InChI is InChI=1S/C31H36ClN7O3/c1-18(2)22-15-31(22)17-41-13-12-39(31)28-35-25-24(38(28)16-19-6-8-30(9-7-19)10-11-30)23(20-4-3-5-21(32)14-20)33-26(34-25)27-36-29(40)42-37-27/h3-5,14,18-19,22H,6-13,15-17H2,1-2H3,(H,36,37,40)/t22-,31-/m0/s1. The predicted octanol–water partition coefficient (Wildman–Crippen LogP) is 5.71. The highest BCUT2D eigenvalue weighted by Gasteiger charge is 2.61. The minimum Gasteiger partial charge on any atom is -0.377 e. The zero-order valence-corrected chi connectivity index (χ0v) is 24.9. The Bertz CT molecular complexity index is 1710. The van der Waals surface area contributed by atoms with Crippen LogP contribution in [0.3, 0.4) is 0 Å². The first kappa shape index (κ1) is 26.4.